The largest absolute Gasteiger partial charge is 0.311 e. The summed E-state index contributed by atoms with van der Waals surface area (Å²) in [6, 6.07) is 7.78. The molecule has 2 rings (SSSR count). The van der Waals surface area contributed by atoms with Crippen LogP contribution in [0.1, 0.15) is 29.8 Å². The SMILES string of the molecule is Cc1cccnc1CNCCCCNCc1ncccc1Cl. The van der Waals surface area contributed by atoms with E-state index in [0.717, 1.165) is 55.4 Å². The van der Waals surface area contributed by atoms with Crippen LogP contribution in [0.5, 0.6) is 0 Å². The van der Waals surface area contributed by atoms with Gasteiger partial charge in [0, 0.05) is 25.5 Å². The van der Waals surface area contributed by atoms with Gasteiger partial charge in [0.25, 0.3) is 0 Å². The molecular formula is C17H23ClN4. The maximum Gasteiger partial charge on any atom is 0.0727 e. The molecule has 0 unspecified atom stereocenters. The monoisotopic (exact) mass is 318 g/mol. The highest BCUT2D eigenvalue weighted by Crippen LogP contribution is 2.11. The third kappa shape index (κ3) is 5.72. The summed E-state index contributed by atoms with van der Waals surface area (Å²) >= 11 is 6.06. The Kier molecular flexibility index (Phi) is 7.30. The summed E-state index contributed by atoms with van der Waals surface area (Å²) in [5, 5.41) is 7.53. The Hall–Kier alpha value is -1.49. The van der Waals surface area contributed by atoms with Crippen LogP contribution in [0.2, 0.25) is 5.02 Å². The van der Waals surface area contributed by atoms with Crippen molar-refractivity contribution < 1.29 is 0 Å². The first-order chi connectivity index (χ1) is 10.8. The van der Waals surface area contributed by atoms with E-state index < -0.39 is 0 Å². The maximum atomic E-state index is 6.06. The molecule has 0 fully saturated rings. The summed E-state index contributed by atoms with van der Waals surface area (Å²) in [5.74, 6) is 0. The number of aromatic nitrogens is 2. The molecule has 0 aliphatic carbocycles. The fourth-order valence-corrected chi connectivity index (χ4v) is 2.35. The third-order valence-corrected chi connectivity index (χ3v) is 3.84. The second-order valence-corrected chi connectivity index (χ2v) is 5.67. The molecular weight excluding hydrogens is 296 g/mol. The average Bonchev–Trinajstić information content (AvgIpc) is 2.53. The average molecular weight is 319 g/mol. The quantitative estimate of drug-likeness (QED) is 0.698. The number of aryl methyl sites for hydroxylation is 1. The van der Waals surface area contributed by atoms with Crippen molar-refractivity contribution in [1.29, 1.82) is 0 Å². The van der Waals surface area contributed by atoms with Crippen LogP contribution in [-0.4, -0.2) is 23.1 Å². The Bertz CT molecular complexity index is 523. The van der Waals surface area contributed by atoms with E-state index in [1.165, 1.54) is 5.56 Å². The van der Waals surface area contributed by atoms with E-state index in [-0.39, 0.29) is 0 Å². The lowest BCUT2D eigenvalue weighted by atomic mass is 10.2. The first-order valence-electron chi connectivity index (χ1n) is 7.68. The lowest BCUT2D eigenvalue weighted by Crippen LogP contribution is -2.19. The Morgan fingerprint density at radius 2 is 1.50 bits per heavy atom. The predicted octanol–water partition coefficient (Wildman–Crippen LogP) is 3.10. The molecule has 0 aliphatic heterocycles. The van der Waals surface area contributed by atoms with Crippen molar-refractivity contribution in [3.63, 3.8) is 0 Å². The van der Waals surface area contributed by atoms with E-state index in [4.69, 9.17) is 11.6 Å². The van der Waals surface area contributed by atoms with Gasteiger partial charge in [0.15, 0.2) is 0 Å². The van der Waals surface area contributed by atoms with Crippen LogP contribution < -0.4 is 10.6 Å². The van der Waals surface area contributed by atoms with Crippen LogP contribution in [0, 0.1) is 6.92 Å². The van der Waals surface area contributed by atoms with Crippen molar-refractivity contribution >= 4 is 11.6 Å². The second-order valence-electron chi connectivity index (χ2n) is 5.26. The first-order valence-corrected chi connectivity index (χ1v) is 8.06. The van der Waals surface area contributed by atoms with Crippen LogP contribution >= 0.6 is 11.6 Å². The molecule has 0 amide bonds. The van der Waals surface area contributed by atoms with Gasteiger partial charge in [-0.05, 0) is 56.6 Å². The minimum absolute atomic E-state index is 0.722. The second kappa shape index (κ2) is 9.51. The van der Waals surface area contributed by atoms with Crippen molar-refractivity contribution in [3.05, 3.63) is 58.6 Å². The molecule has 22 heavy (non-hydrogen) atoms. The van der Waals surface area contributed by atoms with E-state index in [9.17, 15) is 0 Å². The van der Waals surface area contributed by atoms with Gasteiger partial charge in [-0.1, -0.05) is 17.7 Å². The molecule has 0 radical (unpaired) electrons. The molecule has 0 aliphatic rings. The zero-order chi connectivity index (χ0) is 15.6. The van der Waals surface area contributed by atoms with Gasteiger partial charge in [-0.25, -0.2) is 0 Å². The fraction of sp³-hybridized carbons (Fsp3) is 0.412. The topological polar surface area (TPSA) is 49.8 Å². The van der Waals surface area contributed by atoms with Crippen molar-refractivity contribution in [1.82, 2.24) is 20.6 Å². The third-order valence-electron chi connectivity index (χ3n) is 3.49. The van der Waals surface area contributed by atoms with Gasteiger partial charge < -0.3 is 10.6 Å². The summed E-state index contributed by atoms with van der Waals surface area (Å²) in [6.07, 6.45) is 5.87. The number of halogens is 1. The Morgan fingerprint density at radius 3 is 2.14 bits per heavy atom. The van der Waals surface area contributed by atoms with E-state index in [2.05, 4.69) is 33.6 Å². The van der Waals surface area contributed by atoms with Crippen LogP contribution in [0.15, 0.2) is 36.7 Å². The van der Waals surface area contributed by atoms with Crippen LogP contribution in [0.4, 0.5) is 0 Å². The van der Waals surface area contributed by atoms with E-state index in [0.29, 0.717) is 0 Å². The molecule has 118 valence electrons. The number of rotatable bonds is 9. The number of unbranched alkanes of at least 4 members (excludes halogenated alkanes) is 1. The van der Waals surface area contributed by atoms with Crippen molar-refractivity contribution in [2.45, 2.75) is 32.9 Å². The Morgan fingerprint density at radius 1 is 0.909 bits per heavy atom. The standard InChI is InChI=1S/C17H23ClN4/c1-14-6-4-10-21-16(14)12-19-8-2-3-9-20-13-17-15(18)7-5-11-22-17/h4-7,10-11,19-20H,2-3,8-9,12-13H2,1H3. The minimum Gasteiger partial charge on any atom is -0.311 e. The molecule has 2 heterocycles. The summed E-state index contributed by atoms with van der Waals surface area (Å²) < 4.78 is 0. The van der Waals surface area contributed by atoms with Crippen LogP contribution in [0.3, 0.4) is 0 Å². The molecule has 5 heteroatoms. The van der Waals surface area contributed by atoms with Crippen LogP contribution in [0.25, 0.3) is 0 Å². The molecule has 2 aromatic rings. The first kappa shape index (κ1) is 16.9. The van der Waals surface area contributed by atoms with E-state index >= 15 is 0 Å². The Balaban J connectivity index is 1.51. The lowest BCUT2D eigenvalue weighted by molar-refractivity contribution is 0.575. The van der Waals surface area contributed by atoms with E-state index in [1.807, 2.05) is 24.4 Å². The normalized spacial score (nSPS) is 10.8. The summed E-state index contributed by atoms with van der Waals surface area (Å²) in [4.78, 5) is 8.63. The molecule has 4 nitrogen and oxygen atoms in total. The molecule has 0 bridgehead atoms. The molecule has 2 aromatic heterocycles. The zero-order valence-electron chi connectivity index (χ0n) is 13.0. The van der Waals surface area contributed by atoms with E-state index in [1.54, 1.807) is 6.20 Å². The highest BCUT2D eigenvalue weighted by molar-refractivity contribution is 6.31. The van der Waals surface area contributed by atoms with Gasteiger partial charge in [0.1, 0.15) is 0 Å². The van der Waals surface area contributed by atoms with Gasteiger partial charge >= 0.3 is 0 Å². The predicted molar refractivity (Wildman–Crippen MR) is 90.9 cm³/mol. The molecule has 2 N–H and O–H groups in total. The fourth-order valence-electron chi connectivity index (χ4n) is 2.17. The molecule has 0 atom stereocenters. The van der Waals surface area contributed by atoms with Gasteiger partial charge in [0.2, 0.25) is 0 Å². The molecule has 0 spiro atoms. The molecule has 0 saturated carbocycles. The number of nitrogens with zero attached hydrogens (tertiary/aromatic N) is 2. The van der Waals surface area contributed by atoms with Crippen molar-refractivity contribution in [3.8, 4) is 0 Å². The van der Waals surface area contributed by atoms with Crippen molar-refractivity contribution in [2.75, 3.05) is 13.1 Å². The molecule has 0 saturated heterocycles. The number of hydrogen-bond acceptors (Lipinski definition) is 4. The highest BCUT2D eigenvalue weighted by Gasteiger charge is 2.00. The molecule has 0 aromatic carbocycles. The number of nitrogens with one attached hydrogen (secondary N) is 2. The number of pyridine rings is 2. The van der Waals surface area contributed by atoms with Gasteiger partial charge in [0.05, 0.1) is 16.4 Å². The lowest BCUT2D eigenvalue weighted by Gasteiger charge is -2.08. The minimum atomic E-state index is 0.722. The maximum absolute atomic E-state index is 6.06. The summed E-state index contributed by atoms with van der Waals surface area (Å²) in [5.41, 5.74) is 3.28. The van der Waals surface area contributed by atoms with Crippen LogP contribution in [-0.2, 0) is 13.1 Å². The number of hydrogen-bond donors (Lipinski definition) is 2. The zero-order valence-corrected chi connectivity index (χ0v) is 13.7. The Labute approximate surface area is 137 Å². The van der Waals surface area contributed by atoms with Crippen molar-refractivity contribution in [2.24, 2.45) is 0 Å². The summed E-state index contributed by atoms with van der Waals surface area (Å²) in [7, 11) is 0. The van der Waals surface area contributed by atoms with Gasteiger partial charge in [-0.3, -0.25) is 9.97 Å². The highest BCUT2D eigenvalue weighted by atomic mass is 35.5. The summed E-state index contributed by atoms with van der Waals surface area (Å²) in [6.45, 7) is 5.62. The van der Waals surface area contributed by atoms with Gasteiger partial charge in [-0.15, -0.1) is 0 Å². The van der Waals surface area contributed by atoms with Gasteiger partial charge in [-0.2, -0.15) is 0 Å². The smallest absolute Gasteiger partial charge is 0.0727 e.